The van der Waals surface area contributed by atoms with Gasteiger partial charge in [0.25, 0.3) is 0 Å². The van der Waals surface area contributed by atoms with Gasteiger partial charge in [-0.1, -0.05) is 61.9 Å². The average molecular weight is 444 g/mol. The minimum atomic E-state index is -0.513. The third-order valence-corrected chi connectivity index (χ3v) is 5.24. The first kappa shape index (κ1) is 22.1. The van der Waals surface area contributed by atoms with E-state index in [0.29, 0.717) is 18.2 Å². The second kappa shape index (κ2) is 10.4. The molecule has 0 unspecified atom stereocenters. The van der Waals surface area contributed by atoms with Crippen molar-refractivity contribution in [3.05, 3.63) is 71.7 Å². The number of ether oxygens (including phenoxy) is 1. The molecule has 0 saturated carbocycles. The lowest BCUT2D eigenvalue weighted by Crippen LogP contribution is -2.13. The molecular weight excluding hydrogens is 418 g/mol. The smallest absolute Gasteiger partial charge is 0.360 e. The lowest BCUT2D eigenvalue weighted by atomic mass is 9.98. The minimum absolute atomic E-state index is 0.184. The Balaban J connectivity index is 1.52. The lowest BCUT2D eigenvalue weighted by molar-refractivity contribution is 0.0594. The van der Waals surface area contributed by atoms with Crippen LogP contribution in [0, 0.1) is 0 Å². The number of nitrogens with one attached hydrogen (secondary N) is 2. The van der Waals surface area contributed by atoms with Gasteiger partial charge in [-0.05, 0) is 40.0 Å². The molecular formula is C24H25N7O2. The van der Waals surface area contributed by atoms with Crippen molar-refractivity contribution < 1.29 is 9.53 Å². The van der Waals surface area contributed by atoms with Gasteiger partial charge in [0.1, 0.15) is 0 Å². The molecule has 0 saturated heterocycles. The van der Waals surface area contributed by atoms with Crippen LogP contribution in [0.3, 0.4) is 0 Å². The number of nitrogens with zero attached hydrogens (tertiary/aromatic N) is 5. The largest absolute Gasteiger partial charge is 0.464 e. The Morgan fingerprint density at radius 2 is 1.88 bits per heavy atom. The predicted octanol–water partition coefficient (Wildman–Crippen LogP) is 4.07. The number of methoxy groups -OCH3 is 1. The summed E-state index contributed by atoms with van der Waals surface area (Å²) in [6, 6.07) is 16.1. The molecule has 0 atom stereocenters. The van der Waals surface area contributed by atoms with Crippen molar-refractivity contribution in [2.75, 3.05) is 12.4 Å². The van der Waals surface area contributed by atoms with Crippen molar-refractivity contribution in [3.63, 3.8) is 0 Å². The maximum absolute atomic E-state index is 12.1. The molecule has 33 heavy (non-hydrogen) atoms. The van der Waals surface area contributed by atoms with Crippen molar-refractivity contribution in [3.8, 4) is 22.5 Å². The van der Waals surface area contributed by atoms with Crippen LogP contribution >= 0.6 is 0 Å². The Morgan fingerprint density at radius 1 is 1.09 bits per heavy atom. The summed E-state index contributed by atoms with van der Waals surface area (Å²) in [6.45, 7) is 2.61. The Labute approximate surface area is 191 Å². The first-order chi connectivity index (χ1) is 16.2. The molecule has 2 aromatic carbocycles. The van der Waals surface area contributed by atoms with Gasteiger partial charge in [0.05, 0.1) is 12.8 Å². The van der Waals surface area contributed by atoms with E-state index in [4.69, 9.17) is 4.74 Å². The molecule has 0 bridgehead atoms. The summed E-state index contributed by atoms with van der Waals surface area (Å²) in [5, 5.41) is 17.4. The molecule has 9 heteroatoms. The number of aryl methyl sites for hydroxylation is 1. The zero-order valence-electron chi connectivity index (χ0n) is 18.6. The van der Waals surface area contributed by atoms with E-state index in [1.165, 1.54) is 7.11 Å². The summed E-state index contributed by atoms with van der Waals surface area (Å²) in [7, 11) is 1.34. The van der Waals surface area contributed by atoms with Crippen LogP contribution in [0.25, 0.3) is 22.5 Å². The van der Waals surface area contributed by atoms with E-state index in [1.54, 1.807) is 6.20 Å². The molecule has 0 radical (unpaired) electrons. The van der Waals surface area contributed by atoms with Crippen LogP contribution in [0.1, 0.15) is 41.5 Å². The van der Waals surface area contributed by atoms with Gasteiger partial charge in [-0.2, -0.15) is 0 Å². The Kier molecular flexibility index (Phi) is 6.99. The second-order valence-corrected chi connectivity index (χ2v) is 7.50. The van der Waals surface area contributed by atoms with Gasteiger partial charge in [-0.3, -0.25) is 0 Å². The van der Waals surface area contributed by atoms with Crippen LogP contribution in [0.5, 0.6) is 0 Å². The number of esters is 1. The van der Waals surface area contributed by atoms with Gasteiger partial charge < -0.3 is 10.1 Å². The number of aromatic amines is 1. The predicted molar refractivity (Wildman–Crippen MR) is 124 cm³/mol. The summed E-state index contributed by atoms with van der Waals surface area (Å²) in [5.41, 5.74) is 5.06. The monoisotopic (exact) mass is 443 g/mol. The molecule has 0 aliphatic carbocycles. The number of hydrogen-bond donors (Lipinski definition) is 2. The highest BCUT2D eigenvalue weighted by atomic mass is 16.5. The maximum atomic E-state index is 12.1. The van der Waals surface area contributed by atoms with Crippen molar-refractivity contribution in [2.24, 2.45) is 0 Å². The molecule has 0 fully saturated rings. The molecule has 2 aromatic heterocycles. The number of unbranched alkanes of at least 4 members (excludes halogenated alkanes) is 1. The minimum Gasteiger partial charge on any atom is -0.464 e. The lowest BCUT2D eigenvalue weighted by Gasteiger charge is -2.12. The van der Waals surface area contributed by atoms with E-state index in [-0.39, 0.29) is 5.69 Å². The molecule has 0 spiro atoms. The van der Waals surface area contributed by atoms with Gasteiger partial charge in [0, 0.05) is 18.3 Å². The summed E-state index contributed by atoms with van der Waals surface area (Å²) in [6.07, 6.45) is 4.53. The number of carbonyl (C=O) groups is 1. The molecule has 0 aliphatic rings. The van der Waals surface area contributed by atoms with Crippen molar-refractivity contribution in [1.29, 1.82) is 0 Å². The summed E-state index contributed by atoms with van der Waals surface area (Å²) < 4.78 is 4.86. The van der Waals surface area contributed by atoms with Gasteiger partial charge in [-0.15, -0.1) is 5.10 Å². The molecule has 2 N–H and O–H groups in total. The number of H-pyrrole nitrogens is 1. The average Bonchev–Trinajstić information content (AvgIpc) is 3.41. The maximum Gasteiger partial charge on any atom is 0.360 e. The first-order valence-electron chi connectivity index (χ1n) is 10.8. The Bertz CT molecular complexity index is 1210. The SMILES string of the molecule is CCCCc1cnc(C(=O)OC)c(NCc2ccc(-c3ccccc3-c3nnn[nH]3)cc2)n1. The van der Waals surface area contributed by atoms with Gasteiger partial charge >= 0.3 is 5.97 Å². The number of anilines is 1. The van der Waals surface area contributed by atoms with Crippen molar-refractivity contribution >= 4 is 11.8 Å². The number of aromatic nitrogens is 6. The highest BCUT2D eigenvalue weighted by Crippen LogP contribution is 2.29. The first-order valence-corrected chi connectivity index (χ1v) is 10.8. The van der Waals surface area contributed by atoms with E-state index < -0.39 is 5.97 Å². The highest BCUT2D eigenvalue weighted by Gasteiger charge is 2.16. The van der Waals surface area contributed by atoms with Crippen LogP contribution in [-0.2, 0) is 17.7 Å². The van der Waals surface area contributed by atoms with E-state index in [2.05, 4.69) is 42.8 Å². The van der Waals surface area contributed by atoms with E-state index in [0.717, 1.165) is 47.2 Å². The third kappa shape index (κ3) is 5.20. The fraction of sp³-hybridized carbons (Fsp3) is 0.250. The number of benzene rings is 2. The standard InChI is InChI=1S/C24H25N7O2/c1-3-4-7-18-15-25-21(24(32)33-2)23(27-18)26-14-16-10-12-17(13-11-16)19-8-5-6-9-20(19)22-28-30-31-29-22/h5-6,8-13,15H,3-4,7,14H2,1-2H3,(H,26,27)(H,28,29,30,31). The number of tetrazole rings is 1. The molecule has 0 amide bonds. The van der Waals surface area contributed by atoms with Crippen LogP contribution in [-0.4, -0.2) is 43.7 Å². The molecule has 4 rings (SSSR count). The Hall–Kier alpha value is -4.14. The highest BCUT2D eigenvalue weighted by molar-refractivity contribution is 5.92. The van der Waals surface area contributed by atoms with Crippen LogP contribution < -0.4 is 5.32 Å². The number of rotatable bonds is 9. The number of hydrogen-bond acceptors (Lipinski definition) is 8. The topological polar surface area (TPSA) is 119 Å². The van der Waals surface area contributed by atoms with Crippen molar-refractivity contribution in [1.82, 2.24) is 30.6 Å². The fourth-order valence-electron chi connectivity index (χ4n) is 3.48. The quantitative estimate of drug-likeness (QED) is 0.372. The van der Waals surface area contributed by atoms with Crippen LogP contribution in [0.15, 0.2) is 54.7 Å². The molecule has 4 aromatic rings. The second-order valence-electron chi connectivity index (χ2n) is 7.50. The fourth-order valence-corrected chi connectivity index (χ4v) is 3.48. The molecule has 0 aliphatic heterocycles. The normalized spacial score (nSPS) is 10.7. The summed E-state index contributed by atoms with van der Waals surface area (Å²) >= 11 is 0. The van der Waals surface area contributed by atoms with Crippen LogP contribution in [0.4, 0.5) is 5.82 Å². The summed E-state index contributed by atoms with van der Waals surface area (Å²) in [4.78, 5) is 21.0. The van der Waals surface area contributed by atoms with E-state index in [9.17, 15) is 4.79 Å². The zero-order chi connectivity index (χ0) is 23.0. The van der Waals surface area contributed by atoms with Gasteiger partial charge in [-0.25, -0.2) is 19.9 Å². The molecule has 9 nitrogen and oxygen atoms in total. The van der Waals surface area contributed by atoms with E-state index >= 15 is 0 Å². The molecule has 2 heterocycles. The van der Waals surface area contributed by atoms with Crippen LogP contribution in [0.2, 0.25) is 0 Å². The Morgan fingerprint density at radius 3 is 2.58 bits per heavy atom. The zero-order valence-corrected chi connectivity index (χ0v) is 18.6. The van der Waals surface area contributed by atoms with Gasteiger partial charge in [0.2, 0.25) is 0 Å². The third-order valence-electron chi connectivity index (χ3n) is 5.24. The van der Waals surface area contributed by atoms with Crippen molar-refractivity contribution in [2.45, 2.75) is 32.7 Å². The van der Waals surface area contributed by atoms with E-state index in [1.807, 2.05) is 48.5 Å². The van der Waals surface area contributed by atoms with Gasteiger partial charge in [0.15, 0.2) is 17.3 Å². The number of carbonyl (C=O) groups excluding carboxylic acids is 1. The summed E-state index contributed by atoms with van der Waals surface area (Å²) in [5.74, 6) is 0.539. The molecule has 168 valence electrons.